The van der Waals surface area contributed by atoms with Gasteiger partial charge in [0.05, 0.1) is 0 Å². The number of ether oxygens (including phenoxy) is 3. The summed E-state index contributed by atoms with van der Waals surface area (Å²) >= 11 is 0. The van der Waals surface area contributed by atoms with Crippen molar-refractivity contribution in [3.05, 3.63) is 24.3 Å². The van der Waals surface area contributed by atoms with E-state index in [-0.39, 0.29) is 31.1 Å². The minimum absolute atomic E-state index is 0.0685. The van der Waals surface area contributed by atoms with E-state index in [0.29, 0.717) is 19.3 Å². The molecule has 82 heavy (non-hydrogen) atoms. The molecule has 0 aromatic rings. The normalized spacial score (nSPS) is 12.1. The topological polar surface area (TPSA) is 78.9 Å². The van der Waals surface area contributed by atoms with Crippen LogP contribution in [0.2, 0.25) is 0 Å². The van der Waals surface area contributed by atoms with Gasteiger partial charge in [-0.15, -0.1) is 0 Å². The highest BCUT2D eigenvalue weighted by Crippen LogP contribution is 2.19. The Morgan fingerprint density at radius 3 is 0.634 bits per heavy atom. The summed E-state index contributed by atoms with van der Waals surface area (Å²) in [6.45, 7) is 6.69. The second-order valence-electron chi connectivity index (χ2n) is 25.6. The molecule has 0 fully saturated rings. The zero-order chi connectivity index (χ0) is 59.2. The fraction of sp³-hybridized carbons (Fsp3) is 0.908. The number of esters is 3. The van der Waals surface area contributed by atoms with Crippen molar-refractivity contribution in [2.24, 2.45) is 0 Å². The first kappa shape index (κ1) is 79.9. The van der Waals surface area contributed by atoms with E-state index in [1.165, 1.54) is 321 Å². The van der Waals surface area contributed by atoms with Crippen molar-refractivity contribution < 1.29 is 28.6 Å². The van der Waals surface area contributed by atoms with Crippen molar-refractivity contribution in [3.63, 3.8) is 0 Å². The van der Waals surface area contributed by atoms with E-state index < -0.39 is 6.10 Å². The maximum absolute atomic E-state index is 13.0. The molecular formula is C76H144O6. The smallest absolute Gasteiger partial charge is 0.306 e. The zero-order valence-corrected chi connectivity index (χ0v) is 55.8. The lowest BCUT2D eigenvalue weighted by Gasteiger charge is -2.18. The van der Waals surface area contributed by atoms with Gasteiger partial charge in [-0.2, -0.15) is 0 Å². The number of hydrogen-bond acceptors (Lipinski definition) is 6. The van der Waals surface area contributed by atoms with Gasteiger partial charge in [0.25, 0.3) is 0 Å². The molecule has 0 heterocycles. The lowest BCUT2D eigenvalue weighted by molar-refractivity contribution is -0.167. The third-order valence-electron chi connectivity index (χ3n) is 17.2. The Kier molecular flexibility index (Phi) is 69.5. The fourth-order valence-corrected chi connectivity index (χ4v) is 11.6. The molecule has 0 saturated heterocycles. The first-order valence-electron chi connectivity index (χ1n) is 37.3. The van der Waals surface area contributed by atoms with Gasteiger partial charge in [-0.25, -0.2) is 0 Å². The lowest BCUT2D eigenvalue weighted by Crippen LogP contribution is -2.30. The SMILES string of the molecule is CCCCC/C=C\CCCCCCCC(=O)OCC(COC(=O)CCCCCCCCCCCCCCCCCCCCCCCCCCCCCCC)OC(=O)CCCCCCCCCCCCC/C=C\CCCCCCCCCC. The van der Waals surface area contributed by atoms with Crippen LogP contribution in [0.25, 0.3) is 0 Å². The molecule has 0 aromatic carbocycles. The predicted molar refractivity (Wildman–Crippen MR) is 358 cm³/mol. The fourth-order valence-electron chi connectivity index (χ4n) is 11.6. The van der Waals surface area contributed by atoms with Gasteiger partial charge in [0, 0.05) is 19.3 Å². The Labute approximate surface area is 513 Å². The average Bonchev–Trinajstić information content (AvgIpc) is 3.47. The number of carbonyl (C=O) groups is 3. The second kappa shape index (κ2) is 71.4. The van der Waals surface area contributed by atoms with Gasteiger partial charge in [0.15, 0.2) is 6.10 Å². The van der Waals surface area contributed by atoms with Crippen molar-refractivity contribution in [2.45, 2.75) is 431 Å². The first-order chi connectivity index (χ1) is 40.5. The molecule has 0 radical (unpaired) electrons. The number of hydrogen-bond donors (Lipinski definition) is 0. The van der Waals surface area contributed by atoms with Crippen molar-refractivity contribution in [1.29, 1.82) is 0 Å². The maximum atomic E-state index is 13.0. The predicted octanol–water partition coefficient (Wildman–Crippen LogP) is 25.7. The number of allylic oxidation sites excluding steroid dienone is 4. The molecule has 0 aliphatic rings. The van der Waals surface area contributed by atoms with Gasteiger partial charge in [0.1, 0.15) is 13.2 Å². The molecule has 6 nitrogen and oxygen atoms in total. The van der Waals surface area contributed by atoms with Crippen LogP contribution in [0.1, 0.15) is 425 Å². The van der Waals surface area contributed by atoms with E-state index in [9.17, 15) is 14.4 Å². The summed E-state index contributed by atoms with van der Waals surface area (Å²) in [7, 11) is 0. The van der Waals surface area contributed by atoms with E-state index in [0.717, 1.165) is 64.2 Å². The van der Waals surface area contributed by atoms with Crippen molar-refractivity contribution >= 4 is 17.9 Å². The van der Waals surface area contributed by atoms with Gasteiger partial charge in [-0.3, -0.25) is 14.4 Å². The lowest BCUT2D eigenvalue weighted by atomic mass is 10.0. The molecule has 0 aromatic heterocycles. The molecule has 0 amide bonds. The number of unbranched alkanes of at least 4 members (excludes halogenated alkanes) is 55. The molecule has 0 rings (SSSR count). The molecule has 0 aliphatic carbocycles. The van der Waals surface area contributed by atoms with Gasteiger partial charge >= 0.3 is 17.9 Å². The molecule has 0 saturated carbocycles. The van der Waals surface area contributed by atoms with Crippen LogP contribution in [0, 0.1) is 0 Å². The van der Waals surface area contributed by atoms with E-state index in [1.807, 2.05) is 0 Å². The van der Waals surface area contributed by atoms with Crippen LogP contribution in [0.5, 0.6) is 0 Å². The Morgan fingerprint density at radius 2 is 0.402 bits per heavy atom. The first-order valence-corrected chi connectivity index (χ1v) is 37.3. The van der Waals surface area contributed by atoms with E-state index in [1.54, 1.807) is 0 Å². The van der Waals surface area contributed by atoms with Crippen molar-refractivity contribution in [2.75, 3.05) is 13.2 Å². The molecule has 0 aliphatic heterocycles. The monoisotopic (exact) mass is 1150 g/mol. The van der Waals surface area contributed by atoms with Crippen LogP contribution >= 0.6 is 0 Å². The maximum Gasteiger partial charge on any atom is 0.306 e. The van der Waals surface area contributed by atoms with Gasteiger partial charge in [0.2, 0.25) is 0 Å². The van der Waals surface area contributed by atoms with E-state index in [4.69, 9.17) is 14.2 Å². The molecule has 0 spiro atoms. The summed E-state index contributed by atoms with van der Waals surface area (Å²) < 4.78 is 17.0. The summed E-state index contributed by atoms with van der Waals surface area (Å²) in [4.78, 5) is 38.4. The molecule has 484 valence electrons. The second-order valence-corrected chi connectivity index (χ2v) is 25.6. The molecule has 0 bridgehead atoms. The van der Waals surface area contributed by atoms with Crippen LogP contribution in [0.4, 0.5) is 0 Å². The van der Waals surface area contributed by atoms with Crippen LogP contribution in [0.15, 0.2) is 24.3 Å². The third kappa shape index (κ3) is 68.7. The van der Waals surface area contributed by atoms with Crippen LogP contribution < -0.4 is 0 Å². The van der Waals surface area contributed by atoms with Crippen LogP contribution in [-0.2, 0) is 28.6 Å². The van der Waals surface area contributed by atoms with Gasteiger partial charge in [-0.05, 0) is 70.6 Å². The van der Waals surface area contributed by atoms with Gasteiger partial charge in [-0.1, -0.05) is 360 Å². The van der Waals surface area contributed by atoms with Crippen molar-refractivity contribution in [1.82, 2.24) is 0 Å². The molecule has 1 unspecified atom stereocenters. The largest absolute Gasteiger partial charge is 0.462 e. The highest BCUT2D eigenvalue weighted by atomic mass is 16.6. The molecule has 6 heteroatoms. The van der Waals surface area contributed by atoms with Gasteiger partial charge < -0.3 is 14.2 Å². The molecule has 1 atom stereocenters. The summed E-state index contributed by atoms with van der Waals surface area (Å²) in [5.74, 6) is -0.847. The quantitative estimate of drug-likeness (QED) is 0.0261. The summed E-state index contributed by atoms with van der Waals surface area (Å²) in [5.41, 5.74) is 0. The highest BCUT2D eigenvalue weighted by molar-refractivity contribution is 5.71. The van der Waals surface area contributed by atoms with Crippen LogP contribution in [-0.4, -0.2) is 37.2 Å². The average molecular weight is 1150 g/mol. The van der Waals surface area contributed by atoms with E-state index >= 15 is 0 Å². The standard InChI is InChI=1S/C76H144O6/c1-4-7-10-13-16-19-22-25-27-29-31-33-35-36-37-38-39-40-42-43-45-47-49-51-54-57-60-63-66-69-75(78)81-72-73(71-80-74(77)68-65-62-59-56-53-24-21-18-15-12-9-6-3)82-76(79)70-67-64-61-58-55-52-50-48-46-44-41-34-32-30-28-26-23-20-17-14-11-8-5-2/h18,21,30,32,73H,4-17,19-20,22-29,31,33-72H2,1-3H3/b21-18-,32-30-. The Hall–Kier alpha value is -2.11. The van der Waals surface area contributed by atoms with Crippen molar-refractivity contribution in [3.8, 4) is 0 Å². The minimum atomic E-state index is -0.773. The Bertz CT molecular complexity index is 1320. The van der Waals surface area contributed by atoms with Crippen LogP contribution in [0.3, 0.4) is 0 Å². The summed E-state index contributed by atoms with van der Waals surface area (Å²) in [5, 5.41) is 0. The summed E-state index contributed by atoms with van der Waals surface area (Å²) in [6, 6.07) is 0. The minimum Gasteiger partial charge on any atom is -0.462 e. The Morgan fingerprint density at radius 1 is 0.232 bits per heavy atom. The molecular weight excluding hydrogens is 1010 g/mol. The Balaban J connectivity index is 4.14. The van der Waals surface area contributed by atoms with E-state index in [2.05, 4.69) is 45.1 Å². The molecule has 0 N–H and O–H groups in total. The zero-order valence-electron chi connectivity index (χ0n) is 55.8. The number of rotatable bonds is 70. The number of carbonyl (C=O) groups excluding carboxylic acids is 3. The highest BCUT2D eigenvalue weighted by Gasteiger charge is 2.20. The third-order valence-corrected chi connectivity index (χ3v) is 17.2. The summed E-state index contributed by atoms with van der Waals surface area (Å²) in [6.07, 6.45) is 88.1.